The summed E-state index contributed by atoms with van der Waals surface area (Å²) in [7, 11) is 0. The van der Waals surface area contributed by atoms with Crippen LogP contribution >= 0.6 is 0 Å². The number of rotatable bonds is 2. The molecule has 0 aromatic rings. The number of hydrogen-bond acceptors (Lipinski definition) is 9. The summed E-state index contributed by atoms with van der Waals surface area (Å²) in [6, 6.07) is 0. The van der Waals surface area contributed by atoms with Crippen molar-refractivity contribution >= 4 is 17.9 Å². The molecule has 2 spiro atoms. The Morgan fingerprint density at radius 1 is 1.07 bits per heavy atom. The minimum atomic E-state index is -0.618. The van der Waals surface area contributed by atoms with Crippen LogP contribution in [0.2, 0.25) is 0 Å². The number of epoxide rings is 1. The van der Waals surface area contributed by atoms with E-state index in [2.05, 4.69) is 19.9 Å². The second-order valence-electron chi connectivity index (χ2n) is 12.0. The number of esters is 3. The standard InChI is InChI=1S/C31H40O9/c1-19-10-12-30-17-36-28(34)15-20(2)11-13-35-23(21(3)38-22(4)32)8-6-7-9-27(33)40-24-16-26(39-25(30)14-19)31(18-37-31)29(24,30)5/h6-9,14-15,21,23-26H,10-13,16-18H2,1-5H3/b8-6-,9-7?,20-15-/t21-,23-,24-,25-,26-,29-,30-,31+/m1/s1. The van der Waals surface area contributed by atoms with Crippen molar-refractivity contribution < 1.29 is 42.8 Å². The van der Waals surface area contributed by atoms with Gasteiger partial charge in [-0.15, -0.1) is 0 Å². The van der Waals surface area contributed by atoms with Crippen molar-refractivity contribution in [3.05, 3.63) is 47.6 Å². The van der Waals surface area contributed by atoms with E-state index in [0.29, 0.717) is 26.1 Å². The summed E-state index contributed by atoms with van der Waals surface area (Å²) in [4.78, 5) is 37.6. The molecule has 2 aliphatic carbocycles. The first-order valence-electron chi connectivity index (χ1n) is 14.2. The Hall–Kier alpha value is -2.75. The largest absolute Gasteiger partial charge is 0.462 e. The molecule has 2 bridgehead atoms. The smallest absolute Gasteiger partial charge is 0.331 e. The van der Waals surface area contributed by atoms with E-state index in [1.54, 1.807) is 25.2 Å². The minimum absolute atomic E-state index is 0.128. The van der Waals surface area contributed by atoms with Gasteiger partial charge in [-0.1, -0.05) is 42.4 Å². The van der Waals surface area contributed by atoms with Crippen LogP contribution in [0.3, 0.4) is 0 Å². The van der Waals surface area contributed by atoms with E-state index in [1.807, 2.05) is 6.92 Å². The molecule has 0 aromatic heterocycles. The summed E-state index contributed by atoms with van der Waals surface area (Å²) >= 11 is 0. The number of carbonyl (C=O) groups excluding carboxylic acids is 3. The van der Waals surface area contributed by atoms with E-state index in [4.69, 9.17) is 28.4 Å². The molecule has 0 N–H and O–H groups in total. The Kier molecular flexibility index (Phi) is 7.85. The fourth-order valence-electron chi connectivity index (χ4n) is 7.17. The number of allylic oxidation sites excluding steroid dienone is 3. The molecule has 5 aliphatic rings. The summed E-state index contributed by atoms with van der Waals surface area (Å²) < 4.78 is 36.1. The lowest BCUT2D eigenvalue weighted by Gasteiger charge is -2.58. The molecule has 0 aromatic carbocycles. The molecule has 1 saturated carbocycles. The number of hydrogen-bond donors (Lipinski definition) is 0. The second-order valence-corrected chi connectivity index (χ2v) is 12.0. The van der Waals surface area contributed by atoms with Crippen molar-refractivity contribution in [3.63, 3.8) is 0 Å². The molecule has 9 nitrogen and oxygen atoms in total. The zero-order chi connectivity index (χ0) is 28.7. The molecule has 9 heteroatoms. The van der Waals surface area contributed by atoms with Crippen molar-refractivity contribution in [2.24, 2.45) is 10.8 Å². The first kappa shape index (κ1) is 28.8. The van der Waals surface area contributed by atoms with Gasteiger partial charge in [0.2, 0.25) is 0 Å². The molecular weight excluding hydrogens is 516 g/mol. The molecular formula is C31H40O9. The van der Waals surface area contributed by atoms with Gasteiger partial charge < -0.3 is 28.4 Å². The zero-order valence-corrected chi connectivity index (χ0v) is 24.0. The first-order chi connectivity index (χ1) is 19.0. The Morgan fingerprint density at radius 3 is 2.58 bits per heavy atom. The van der Waals surface area contributed by atoms with E-state index < -0.39 is 52.7 Å². The van der Waals surface area contributed by atoms with E-state index in [9.17, 15) is 14.4 Å². The van der Waals surface area contributed by atoms with Crippen molar-refractivity contribution in [1.82, 2.24) is 0 Å². The molecule has 0 unspecified atom stereocenters. The Labute approximate surface area is 235 Å². The molecule has 0 amide bonds. The van der Waals surface area contributed by atoms with Crippen LogP contribution in [0.1, 0.15) is 60.3 Å². The lowest BCUT2D eigenvalue weighted by atomic mass is 9.51. The van der Waals surface area contributed by atoms with Gasteiger partial charge >= 0.3 is 17.9 Å². The van der Waals surface area contributed by atoms with Crippen LogP contribution in [-0.2, 0) is 42.8 Å². The van der Waals surface area contributed by atoms with E-state index >= 15 is 0 Å². The summed E-state index contributed by atoms with van der Waals surface area (Å²) in [5.41, 5.74) is 0.234. The van der Waals surface area contributed by atoms with Crippen LogP contribution in [0.25, 0.3) is 0 Å². The Balaban J connectivity index is 1.47. The number of ether oxygens (including phenoxy) is 6. The molecule has 8 atom stereocenters. The highest BCUT2D eigenvalue weighted by atomic mass is 16.6. The summed E-state index contributed by atoms with van der Waals surface area (Å²) in [6.45, 7) is 10.1. The van der Waals surface area contributed by atoms with Crippen LogP contribution in [-0.4, -0.2) is 73.8 Å². The quantitative estimate of drug-likeness (QED) is 0.216. The molecule has 0 radical (unpaired) electrons. The summed E-state index contributed by atoms with van der Waals surface area (Å²) in [6.07, 6.45) is 10.5. The molecule has 3 fully saturated rings. The fraction of sp³-hybridized carbons (Fsp3) is 0.645. The third kappa shape index (κ3) is 4.97. The highest BCUT2D eigenvalue weighted by Gasteiger charge is 2.83. The van der Waals surface area contributed by atoms with Gasteiger partial charge in [-0.25, -0.2) is 9.59 Å². The van der Waals surface area contributed by atoms with Crippen molar-refractivity contribution in [2.75, 3.05) is 19.8 Å². The van der Waals surface area contributed by atoms with E-state index in [0.717, 1.165) is 18.4 Å². The first-order valence-corrected chi connectivity index (χ1v) is 14.2. The summed E-state index contributed by atoms with van der Waals surface area (Å²) in [5, 5.41) is 0. The minimum Gasteiger partial charge on any atom is -0.462 e. The zero-order valence-electron chi connectivity index (χ0n) is 24.0. The second kappa shape index (κ2) is 10.9. The maximum atomic E-state index is 13.1. The normalized spacial score (nSPS) is 42.6. The number of carbonyl (C=O) groups is 3. The lowest BCUT2D eigenvalue weighted by molar-refractivity contribution is -0.232. The third-order valence-electron chi connectivity index (χ3n) is 9.58. The molecule has 2 saturated heterocycles. The highest BCUT2D eigenvalue weighted by Crippen LogP contribution is 2.72. The van der Waals surface area contributed by atoms with Crippen LogP contribution in [0, 0.1) is 10.8 Å². The van der Waals surface area contributed by atoms with Gasteiger partial charge in [0.15, 0.2) is 0 Å². The summed E-state index contributed by atoms with van der Waals surface area (Å²) in [5.74, 6) is -1.33. The third-order valence-corrected chi connectivity index (χ3v) is 9.58. The average Bonchev–Trinajstić information content (AvgIpc) is 3.66. The van der Waals surface area contributed by atoms with E-state index in [1.165, 1.54) is 24.6 Å². The maximum absolute atomic E-state index is 13.1. The topological polar surface area (TPSA) is 110 Å². The average molecular weight is 557 g/mol. The monoisotopic (exact) mass is 556 g/mol. The van der Waals surface area contributed by atoms with Gasteiger partial charge in [-0.05, 0) is 40.0 Å². The van der Waals surface area contributed by atoms with Crippen LogP contribution in [0.4, 0.5) is 0 Å². The van der Waals surface area contributed by atoms with Crippen LogP contribution in [0.5, 0.6) is 0 Å². The molecule has 3 aliphatic heterocycles. The molecule has 218 valence electrons. The van der Waals surface area contributed by atoms with Gasteiger partial charge in [0, 0.05) is 30.9 Å². The van der Waals surface area contributed by atoms with Gasteiger partial charge in [-0.3, -0.25) is 4.79 Å². The molecule has 40 heavy (non-hydrogen) atoms. The molecule has 3 heterocycles. The van der Waals surface area contributed by atoms with Crippen molar-refractivity contribution in [1.29, 1.82) is 0 Å². The highest BCUT2D eigenvalue weighted by molar-refractivity contribution is 5.83. The van der Waals surface area contributed by atoms with Gasteiger partial charge in [0.1, 0.15) is 30.5 Å². The molecule has 5 rings (SSSR count). The Bertz CT molecular complexity index is 1160. The lowest BCUT2D eigenvalue weighted by Crippen LogP contribution is -2.66. The fourth-order valence-corrected chi connectivity index (χ4v) is 7.17. The predicted molar refractivity (Wildman–Crippen MR) is 144 cm³/mol. The van der Waals surface area contributed by atoms with Crippen molar-refractivity contribution in [3.8, 4) is 0 Å². The van der Waals surface area contributed by atoms with E-state index in [-0.39, 0.29) is 18.8 Å². The van der Waals surface area contributed by atoms with Crippen LogP contribution < -0.4 is 0 Å². The maximum Gasteiger partial charge on any atom is 0.331 e. The number of cyclic esters (lactones) is 1. The van der Waals surface area contributed by atoms with Crippen LogP contribution in [0.15, 0.2) is 47.6 Å². The van der Waals surface area contributed by atoms with Gasteiger partial charge in [-0.2, -0.15) is 0 Å². The van der Waals surface area contributed by atoms with Crippen molar-refractivity contribution in [2.45, 2.75) is 96.4 Å². The predicted octanol–water partition coefficient (Wildman–Crippen LogP) is 3.91. The SMILES string of the molecule is CC(=O)O[C@H](C)[C@H]1/C=C\C=CC(=O)O[C@@H]2C[C@H]3O[C@@H]4C=C(C)CC[C@]4(COC(=O)/C=C(/C)CCO1)[C@]2(C)[C@]31CO1. The van der Waals surface area contributed by atoms with Gasteiger partial charge in [0.05, 0.1) is 30.8 Å². The van der Waals surface area contributed by atoms with Gasteiger partial charge in [0.25, 0.3) is 0 Å². The Morgan fingerprint density at radius 2 is 1.85 bits per heavy atom.